The number of carbonyl (C=O) groups is 2. The van der Waals surface area contributed by atoms with Crippen molar-refractivity contribution in [3.05, 3.63) is 100 Å². The third-order valence-electron chi connectivity index (χ3n) is 5.66. The van der Waals surface area contributed by atoms with Gasteiger partial charge in [-0.3, -0.25) is 13.9 Å². The summed E-state index contributed by atoms with van der Waals surface area (Å²) in [5.41, 5.74) is 1.86. The topological polar surface area (TPSA) is 86.8 Å². The van der Waals surface area contributed by atoms with E-state index in [-0.39, 0.29) is 24.6 Å². The predicted molar refractivity (Wildman–Crippen MR) is 148 cm³/mol. The molecule has 0 bridgehead atoms. The molecule has 0 aliphatic heterocycles. The average Bonchev–Trinajstić information content (AvgIpc) is 2.85. The summed E-state index contributed by atoms with van der Waals surface area (Å²) in [6, 6.07) is 21.7. The lowest BCUT2D eigenvalue weighted by Crippen LogP contribution is -2.53. The quantitative estimate of drug-likeness (QED) is 0.372. The molecule has 0 aromatic heterocycles. The number of nitrogens with zero attached hydrogens (tertiary/aromatic N) is 2. The van der Waals surface area contributed by atoms with E-state index in [1.54, 1.807) is 49.4 Å². The Morgan fingerprint density at radius 1 is 0.892 bits per heavy atom. The summed E-state index contributed by atoms with van der Waals surface area (Å²) >= 11 is 12.1. The van der Waals surface area contributed by atoms with Crippen LogP contribution in [-0.4, -0.2) is 50.5 Å². The fourth-order valence-corrected chi connectivity index (χ4v) is 5.03. The van der Waals surface area contributed by atoms with Gasteiger partial charge in [-0.05, 0) is 48.4 Å². The van der Waals surface area contributed by atoms with Gasteiger partial charge in [0, 0.05) is 29.6 Å². The standard InChI is InChI=1S/C27H29Cl2N3O4S/c1-3-30-27(34)25(16-20-8-5-4-6-9-20)31(18-21-12-14-22(28)15-13-21)26(33)19-32(37(2,35)36)24-11-7-10-23(29)17-24/h4-15,17,25H,3,16,18-19H2,1-2H3,(H,30,34)/t25-/m0/s1. The van der Waals surface area contributed by atoms with Gasteiger partial charge in [-0.25, -0.2) is 8.42 Å². The molecular weight excluding hydrogens is 533 g/mol. The van der Waals surface area contributed by atoms with E-state index >= 15 is 0 Å². The zero-order valence-corrected chi connectivity index (χ0v) is 22.9. The van der Waals surface area contributed by atoms with E-state index in [0.717, 1.165) is 21.7 Å². The SMILES string of the molecule is CCNC(=O)[C@H](Cc1ccccc1)N(Cc1ccc(Cl)cc1)C(=O)CN(c1cccc(Cl)c1)S(C)(=O)=O. The van der Waals surface area contributed by atoms with Crippen molar-refractivity contribution in [2.75, 3.05) is 23.7 Å². The number of sulfonamides is 1. The molecule has 7 nitrogen and oxygen atoms in total. The number of rotatable bonds is 11. The molecule has 0 fully saturated rings. The van der Waals surface area contributed by atoms with Gasteiger partial charge in [-0.2, -0.15) is 0 Å². The van der Waals surface area contributed by atoms with Gasteiger partial charge in [0.1, 0.15) is 12.6 Å². The maximum absolute atomic E-state index is 13.9. The number of benzene rings is 3. The molecule has 1 atom stereocenters. The highest BCUT2D eigenvalue weighted by Gasteiger charge is 2.32. The van der Waals surface area contributed by atoms with Crippen molar-refractivity contribution in [3.63, 3.8) is 0 Å². The second-order valence-electron chi connectivity index (χ2n) is 8.50. The summed E-state index contributed by atoms with van der Waals surface area (Å²) in [5, 5.41) is 3.69. The first kappa shape index (κ1) is 28.5. The lowest BCUT2D eigenvalue weighted by atomic mass is 10.0. The molecule has 37 heavy (non-hydrogen) atoms. The Bertz CT molecular complexity index is 1320. The molecule has 3 rings (SSSR count). The van der Waals surface area contributed by atoms with Crippen LogP contribution in [0, 0.1) is 0 Å². The zero-order chi connectivity index (χ0) is 27.0. The normalized spacial score (nSPS) is 12.0. The van der Waals surface area contributed by atoms with Crippen LogP contribution < -0.4 is 9.62 Å². The second kappa shape index (κ2) is 12.9. The minimum Gasteiger partial charge on any atom is -0.355 e. The van der Waals surface area contributed by atoms with Crippen molar-refractivity contribution in [1.82, 2.24) is 10.2 Å². The number of hydrogen-bond donors (Lipinski definition) is 1. The average molecular weight is 563 g/mol. The molecule has 0 aliphatic carbocycles. The van der Waals surface area contributed by atoms with E-state index in [2.05, 4.69) is 5.32 Å². The first-order valence-electron chi connectivity index (χ1n) is 11.7. The first-order chi connectivity index (χ1) is 17.6. The molecule has 196 valence electrons. The molecule has 0 unspecified atom stereocenters. The fraction of sp³-hybridized carbons (Fsp3) is 0.259. The van der Waals surface area contributed by atoms with Crippen LogP contribution >= 0.6 is 23.2 Å². The van der Waals surface area contributed by atoms with Crippen molar-refractivity contribution >= 4 is 50.7 Å². The number of carbonyl (C=O) groups excluding carboxylic acids is 2. The van der Waals surface area contributed by atoms with Crippen LogP contribution in [0.1, 0.15) is 18.1 Å². The van der Waals surface area contributed by atoms with Crippen LogP contribution in [0.2, 0.25) is 10.0 Å². The second-order valence-corrected chi connectivity index (χ2v) is 11.3. The number of hydrogen-bond acceptors (Lipinski definition) is 4. The Hall–Kier alpha value is -3.07. The predicted octanol–water partition coefficient (Wildman–Crippen LogP) is 4.54. The van der Waals surface area contributed by atoms with Gasteiger partial charge in [-0.1, -0.05) is 71.7 Å². The molecule has 0 aliphatic rings. The lowest BCUT2D eigenvalue weighted by Gasteiger charge is -2.33. The number of anilines is 1. The minimum absolute atomic E-state index is 0.0811. The Morgan fingerprint density at radius 2 is 1.57 bits per heavy atom. The molecular formula is C27H29Cl2N3O4S. The first-order valence-corrected chi connectivity index (χ1v) is 14.3. The van der Waals surface area contributed by atoms with Crippen LogP contribution in [0.4, 0.5) is 5.69 Å². The van der Waals surface area contributed by atoms with Gasteiger partial charge in [0.2, 0.25) is 21.8 Å². The van der Waals surface area contributed by atoms with E-state index in [1.165, 1.54) is 11.0 Å². The summed E-state index contributed by atoms with van der Waals surface area (Å²) in [6.07, 6.45) is 1.28. The van der Waals surface area contributed by atoms with E-state index in [1.807, 2.05) is 30.3 Å². The molecule has 0 spiro atoms. The van der Waals surface area contributed by atoms with Gasteiger partial charge in [0.15, 0.2) is 0 Å². The summed E-state index contributed by atoms with van der Waals surface area (Å²) < 4.78 is 26.4. The number of likely N-dealkylation sites (N-methyl/N-ethyl adjacent to an activating group) is 1. The van der Waals surface area contributed by atoms with Crippen LogP contribution in [0.3, 0.4) is 0 Å². The monoisotopic (exact) mass is 561 g/mol. The highest BCUT2D eigenvalue weighted by Crippen LogP contribution is 2.23. The molecule has 0 saturated heterocycles. The Balaban J connectivity index is 2.03. The van der Waals surface area contributed by atoms with Crippen molar-refractivity contribution < 1.29 is 18.0 Å². The summed E-state index contributed by atoms with van der Waals surface area (Å²) in [5.74, 6) is -0.866. The third kappa shape index (κ3) is 8.21. The number of halogens is 2. The fourth-order valence-electron chi connectivity index (χ4n) is 3.88. The summed E-state index contributed by atoms with van der Waals surface area (Å²) in [6.45, 7) is 1.76. The van der Waals surface area contributed by atoms with Gasteiger partial charge < -0.3 is 10.2 Å². The maximum Gasteiger partial charge on any atom is 0.244 e. The largest absolute Gasteiger partial charge is 0.355 e. The molecule has 1 N–H and O–H groups in total. The lowest BCUT2D eigenvalue weighted by molar-refractivity contribution is -0.140. The van der Waals surface area contributed by atoms with Gasteiger partial charge in [-0.15, -0.1) is 0 Å². The van der Waals surface area contributed by atoms with Crippen molar-refractivity contribution in [2.24, 2.45) is 0 Å². The summed E-state index contributed by atoms with van der Waals surface area (Å²) in [4.78, 5) is 28.5. The number of amides is 2. The Kier molecular flexibility index (Phi) is 9.97. The van der Waals surface area contributed by atoms with Crippen LogP contribution in [-0.2, 0) is 32.6 Å². The van der Waals surface area contributed by atoms with Gasteiger partial charge in [0.25, 0.3) is 0 Å². The Labute approximate surface area is 228 Å². The van der Waals surface area contributed by atoms with Crippen molar-refractivity contribution in [3.8, 4) is 0 Å². The molecule has 2 amide bonds. The summed E-state index contributed by atoms with van der Waals surface area (Å²) in [7, 11) is -3.85. The van der Waals surface area contributed by atoms with Crippen molar-refractivity contribution in [2.45, 2.75) is 25.9 Å². The minimum atomic E-state index is -3.85. The highest BCUT2D eigenvalue weighted by molar-refractivity contribution is 7.92. The smallest absolute Gasteiger partial charge is 0.244 e. The highest BCUT2D eigenvalue weighted by atomic mass is 35.5. The molecule has 3 aromatic rings. The Morgan fingerprint density at radius 3 is 2.16 bits per heavy atom. The van der Waals surface area contributed by atoms with E-state index < -0.39 is 28.5 Å². The molecule has 0 saturated carbocycles. The van der Waals surface area contributed by atoms with Crippen LogP contribution in [0.5, 0.6) is 0 Å². The van der Waals surface area contributed by atoms with E-state index in [4.69, 9.17) is 23.2 Å². The van der Waals surface area contributed by atoms with Gasteiger partial charge >= 0.3 is 0 Å². The number of nitrogens with one attached hydrogen (secondary N) is 1. The maximum atomic E-state index is 13.9. The van der Waals surface area contributed by atoms with E-state index in [9.17, 15) is 18.0 Å². The van der Waals surface area contributed by atoms with Crippen LogP contribution in [0.15, 0.2) is 78.9 Å². The van der Waals surface area contributed by atoms with Gasteiger partial charge in [0.05, 0.1) is 11.9 Å². The third-order valence-corrected chi connectivity index (χ3v) is 7.29. The van der Waals surface area contributed by atoms with Crippen molar-refractivity contribution in [1.29, 1.82) is 0 Å². The molecule has 0 heterocycles. The zero-order valence-electron chi connectivity index (χ0n) is 20.6. The molecule has 10 heteroatoms. The molecule has 3 aromatic carbocycles. The van der Waals surface area contributed by atoms with E-state index in [0.29, 0.717) is 16.6 Å². The molecule has 0 radical (unpaired) electrons. The van der Waals surface area contributed by atoms with Crippen LogP contribution in [0.25, 0.3) is 0 Å².